The molecule has 24 heavy (non-hydrogen) atoms. The zero-order chi connectivity index (χ0) is 17.2. The van der Waals surface area contributed by atoms with Gasteiger partial charge in [0.05, 0.1) is 17.4 Å². The Morgan fingerprint density at radius 3 is 2.50 bits per heavy atom. The van der Waals surface area contributed by atoms with Crippen molar-refractivity contribution in [2.75, 3.05) is 0 Å². The van der Waals surface area contributed by atoms with E-state index in [1.165, 1.54) is 6.26 Å². The minimum absolute atomic E-state index is 0.0118. The lowest BCUT2D eigenvalue weighted by atomic mass is 10.1. The number of alkyl halides is 3. The summed E-state index contributed by atoms with van der Waals surface area (Å²) >= 11 is 0. The van der Waals surface area contributed by atoms with Gasteiger partial charge in [0.1, 0.15) is 12.3 Å². The van der Waals surface area contributed by atoms with Crippen molar-refractivity contribution in [3.05, 3.63) is 65.5 Å². The van der Waals surface area contributed by atoms with E-state index in [-0.39, 0.29) is 12.2 Å². The minimum atomic E-state index is -4.45. The molecule has 0 fully saturated rings. The van der Waals surface area contributed by atoms with E-state index in [9.17, 15) is 18.0 Å². The summed E-state index contributed by atoms with van der Waals surface area (Å²) in [5.74, 6) is 0.0923. The normalized spacial score (nSPS) is 11.5. The monoisotopic (exact) mass is 337 g/mol. The molecule has 0 saturated heterocycles. The summed E-state index contributed by atoms with van der Waals surface area (Å²) in [5.41, 5.74) is -0.474. The van der Waals surface area contributed by atoms with Gasteiger partial charge >= 0.3 is 12.1 Å². The molecule has 0 radical (unpaired) electrons. The Balaban J connectivity index is 1.61. The number of benzene rings is 1. The smallest absolute Gasteiger partial charge is 0.416 e. The van der Waals surface area contributed by atoms with Crippen LogP contribution in [0.1, 0.15) is 21.6 Å². The molecule has 2 aromatic heterocycles. The van der Waals surface area contributed by atoms with Crippen molar-refractivity contribution >= 4 is 5.97 Å². The van der Waals surface area contributed by atoms with Crippen LogP contribution in [0.3, 0.4) is 0 Å². The number of rotatable bonds is 4. The molecule has 0 aliphatic rings. The number of carbonyl (C=O) groups excluding carboxylic acids is 1. The molecule has 2 heterocycles. The number of nitrogens with zero attached hydrogens (tertiary/aromatic N) is 1. The summed E-state index contributed by atoms with van der Waals surface area (Å²) < 4.78 is 52.6. The second-order valence-electron chi connectivity index (χ2n) is 4.81. The van der Waals surface area contributed by atoms with Gasteiger partial charge in [0.25, 0.3) is 0 Å². The number of halogens is 3. The van der Waals surface area contributed by atoms with Crippen LogP contribution in [0, 0.1) is 0 Å². The molecule has 8 heteroatoms. The van der Waals surface area contributed by atoms with E-state index in [0.717, 1.165) is 24.3 Å². The van der Waals surface area contributed by atoms with Crippen LogP contribution in [-0.4, -0.2) is 11.1 Å². The second-order valence-corrected chi connectivity index (χ2v) is 4.81. The van der Waals surface area contributed by atoms with E-state index in [1.54, 1.807) is 18.2 Å². The van der Waals surface area contributed by atoms with E-state index in [1.807, 2.05) is 0 Å². The third kappa shape index (κ3) is 3.48. The topological polar surface area (TPSA) is 65.5 Å². The first-order chi connectivity index (χ1) is 11.4. The summed E-state index contributed by atoms with van der Waals surface area (Å²) in [5, 5.41) is 3.72. The van der Waals surface area contributed by atoms with Gasteiger partial charge in [-0.1, -0.05) is 5.16 Å². The van der Waals surface area contributed by atoms with Crippen LogP contribution in [0.5, 0.6) is 0 Å². The summed E-state index contributed by atoms with van der Waals surface area (Å²) in [4.78, 5) is 11.8. The fourth-order valence-electron chi connectivity index (χ4n) is 1.93. The average Bonchev–Trinajstić information content (AvgIpc) is 3.23. The van der Waals surface area contributed by atoms with Gasteiger partial charge < -0.3 is 13.7 Å². The summed E-state index contributed by atoms with van der Waals surface area (Å²) in [6.07, 6.45) is -2.98. The molecule has 0 unspecified atom stereocenters. The Hall–Kier alpha value is -3.03. The van der Waals surface area contributed by atoms with Crippen LogP contribution in [0.15, 0.2) is 57.7 Å². The number of aromatic nitrogens is 1. The van der Waals surface area contributed by atoms with Crippen LogP contribution in [0.4, 0.5) is 13.2 Å². The molecule has 0 N–H and O–H groups in total. The first-order valence-electron chi connectivity index (χ1n) is 6.77. The van der Waals surface area contributed by atoms with Gasteiger partial charge in [0, 0.05) is 6.07 Å². The van der Waals surface area contributed by atoms with Crippen molar-refractivity contribution < 1.29 is 31.6 Å². The number of furan rings is 1. The summed E-state index contributed by atoms with van der Waals surface area (Å²) in [7, 11) is 0. The molecule has 0 saturated carbocycles. The highest BCUT2D eigenvalue weighted by Crippen LogP contribution is 2.29. The zero-order valence-electron chi connectivity index (χ0n) is 12.0. The quantitative estimate of drug-likeness (QED) is 0.664. The second kappa shape index (κ2) is 6.23. The van der Waals surface area contributed by atoms with Crippen molar-refractivity contribution in [2.24, 2.45) is 0 Å². The van der Waals surface area contributed by atoms with Gasteiger partial charge in [0.15, 0.2) is 5.76 Å². The predicted octanol–water partition coefficient (Wildman–Crippen LogP) is 4.31. The standard InChI is InChI=1S/C16H10F3NO4/c17-16(18,19)11-5-3-10(4-6-11)15(21)23-9-12-8-14(24-20-12)13-2-1-7-22-13/h1-8H,9H2. The van der Waals surface area contributed by atoms with Crippen LogP contribution in [0.2, 0.25) is 0 Å². The van der Waals surface area contributed by atoms with E-state index in [2.05, 4.69) is 5.16 Å². The third-order valence-electron chi connectivity index (χ3n) is 3.12. The number of carbonyl (C=O) groups is 1. The van der Waals surface area contributed by atoms with Gasteiger partial charge in [-0.3, -0.25) is 0 Å². The zero-order valence-corrected chi connectivity index (χ0v) is 12.0. The van der Waals surface area contributed by atoms with Gasteiger partial charge in [0.2, 0.25) is 5.76 Å². The van der Waals surface area contributed by atoms with E-state index in [4.69, 9.17) is 13.7 Å². The molecule has 0 atom stereocenters. The van der Waals surface area contributed by atoms with Crippen LogP contribution in [0.25, 0.3) is 11.5 Å². The number of hydrogen-bond acceptors (Lipinski definition) is 5. The van der Waals surface area contributed by atoms with E-state index >= 15 is 0 Å². The van der Waals surface area contributed by atoms with Gasteiger partial charge in [-0.2, -0.15) is 13.2 Å². The van der Waals surface area contributed by atoms with Crippen LogP contribution in [-0.2, 0) is 17.5 Å². The van der Waals surface area contributed by atoms with Crippen molar-refractivity contribution in [1.82, 2.24) is 5.16 Å². The maximum Gasteiger partial charge on any atom is 0.416 e. The fraction of sp³-hybridized carbons (Fsp3) is 0.125. The molecule has 0 amide bonds. The van der Waals surface area contributed by atoms with Gasteiger partial charge in [-0.05, 0) is 36.4 Å². The summed E-state index contributed by atoms with van der Waals surface area (Å²) in [6.45, 7) is -0.177. The molecular weight excluding hydrogens is 327 g/mol. The lowest BCUT2D eigenvalue weighted by Gasteiger charge is -2.07. The number of ether oxygens (including phenoxy) is 1. The highest BCUT2D eigenvalue weighted by molar-refractivity contribution is 5.89. The van der Waals surface area contributed by atoms with E-state index < -0.39 is 17.7 Å². The van der Waals surface area contributed by atoms with E-state index in [0.29, 0.717) is 17.2 Å². The van der Waals surface area contributed by atoms with Crippen molar-refractivity contribution in [2.45, 2.75) is 12.8 Å². The van der Waals surface area contributed by atoms with Crippen LogP contribution < -0.4 is 0 Å². The Morgan fingerprint density at radius 2 is 1.88 bits per heavy atom. The lowest BCUT2D eigenvalue weighted by molar-refractivity contribution is -0.137. The highest BCUT2D eigenvalue weighted by Gasteiger charge is 2.30. The lowest BCUT2D eigenvalue weighted by Crippen LogP contribution is -2.08. The SMILES string of the molecule is O=C(OCc1cc(-c2ccco2)on1)c1ccc(C(F)(F)F)cc1. The Bertz CT molecular complexity index is 820. The maximum atomic E-state index is 12.5. The number of esters is 1. The molecule has 0 aliphatic carbocycles. The molecule has 3 rings (SSSR count). The molecule has 124 valence electrons. The van der Waals surface area contributed by atoms with Gasteiger partial charge in [-0.25, -0.2) is 4.79 Å². The van der Waals surface area contributed by atoms with Gasteiger partial charge in [-0.15, -0.1) is 0 Å². The van der Waals surface area contributed by atoms with Crippen molar-refractivity contribution in [3.63, 3.8) is 0 Å². The molecule has 0 spiro atoms. The Morgan fingerprint density at radius 1 is 1.12 bits per heavy atom. The average molecular weight is 337 g/mol. The van der Waals surface area contributed by atoms with Crippen molar-refractivity contribution in [3.8, 4) is 11.5 Å². The molecule has 3 aromatic rings. The summed E-state index contributed by atoms with van der Waals surface area (Å²) in [6, 6.07) is 8.66. The Kier molecular flexibility index (Phi) is 4.11. The molecule has 0 bridgehead atoms. The fourth-order valence-corrected chi connectivity index (χ4v) is 1.93. The largest absolute Gasteiger partial charge is 0.461 e. The minimum Gasteiger partial charge on any atom is -0.461 e. The first kappa shape index (κ1) is 15.9. The first-order valence-corrected chi connectivity index (χ1v) is 6.77. The molecule has 1 aromatic carbocycles. The maximum absolute atomic E-state index is 12.5. The highest BCUT2D eigenvalue weighted by atomic mass is 19.4. The Labute approximate surface area is 133 Å². The van der Waals surface area contributed by atoms with Crippen molar-refractivity contribution in [1.29, 1.82) is 0 Å². The number of hydrogen-bond donors (Lipinski definition) is 0. The molecule has 5 nitrogen and oxygen atoms in total. The molecule has 0 aliphatic heterocycles. The predicted molar refractivity (Wildman–Crippen MR) is 74.8 cm³/mol. The molecular formula is C16H10F3NO4. The van der Waals surface area contributed by atoms with Crippen LogP contribution >= 0.6 is 0 Å². The third-order valence-corrected chi connectivity index (χ3v) is 3.12.